The van der Waals surface area contributed by atoms with Crippen LogP contribution in [-0.2, 0) is 6.54 Å². The van der Waals surface area contributed by atoms with Crippen LogP contribution in [0.1, 0.15) is 15.2 Å². The molecule has 0 unspecified atom stereocenters. The van der Waals surface area contributed by atoms with E-state index in [9.17, 15) is 4.79 Å². The molecule has 5 nitrogen and oxygen atoms in total. The van der Waals surface area contributed by atoms with Crippen LogP contribution in [0.4, 0.5) is 5.69 Å². The second-order valence-corrected chi connectivity index (χ2v) is 7.64. The van der Waals surface area contributed by atoms with Crippen LogP contribution in [0, 0.1) is 0 Å². The van der Waals surface area contributed by atoms with Crippen molar-refractivity contribution in [1.29, 1.82) is 0 Å². The lowest BCUT2D eigenvalue weighted by Gasteiger charge is -2.09. The van der Waals surface area contributed by atoms with Gasteiger partial charge in [-0.2, -0.15) is 0 Å². The zero-order valence-corrected chi connectivity index (χ0v) is 15.7. The minimum Gasteiger partial charge on any atom is -0.380 e. The SMILES string of the molecule is NC(=O)c1cc(-c2ccc(NCc3cnc(Cl)s3)cc2)nc2ccccc12. The van der Waals surface area contributed by atoms with E-state index in [1.165, 1.54) is 11.3 Å². The van der Waals surface area contributed by atoms with Crippen LogP contribution in [-0.4, -0.2) is 15.9 Å². The number of pyridine rings is 1. The van der Waals surface area contributed by atoms with E-state index in [1.807, 2.05) is 48.5 Å². The van der Waals surface area contributed by atoms with E-state index >= 15 is 0 Å². The van der Waals surface area contributed by atoms with Crippen LogP contribution < -0.4 is 11.1 Å². The number of carbonyl (C=O) groups is 1. The molecular weight excluding hydrogens is 380 g/mol. The van der Waals surface area contributed by atoms with Gasteiger partial charge < -0.3 is 11.1 Å². The molecule has 3 N–H and O–H groups in total. The number of hydrogen-bond acceptors (Lipinski definition) is 5. The molecule has 4 aromatic rings. The summed E-state index contributed by atoms with van der Waals surface area (Å²) in [5.74, 6) is -0.462. The van der Waals surface area contributed by atoms with Gasteiger partial charge in [-0.05, 0) is 24.3 Å². The number of aromatic nitrogens is 2. The Morgan fingerprint density at radius 1 is 1.15 bits per heavy atom. The first-order valence-electron chi connectivity index (χ1n) is 8.24. The van der Waals surface area contributed by atoms with Crippen LogP contribution in [0.15, 0.2) is 60.8 Å². The number of fused-ring (bicyclic) bond motifs is 1. The normalized spacial score (nSPS) is 10.9. The topological polar surface area (TPSA) is 80.9 Å². The smallest absolute Gasteiger partial charge is 0.249 e. The maximum absolute atomic E-state index is 11.8. The second kappa shape index (κ2) is 7.34. The van der Waals surface area contributed by atoms with E-state index in [0.29, 0.717) is 22.3 Å². The van der Waals surface area contributed by atoms with E-state index in [2.05, 4.69) is 15.3 Å². The van der Waals surface area contributed by atoms with E-state index in [1.54, 1.807) is 12.3 Å². The number of nitrogens with one attached hydrogen (secondary N) is 1. The Hall–Kier alpha value is -2.96. The first-order chi connectivity index (χ1) is 13.1. The van der Waals surface area contributed by atoms with Crippen molar-refractivity contribution in [3.8, 4) is 11.3 Å². The molecule has 4 rings (SSSR count). The van der Waals surface area contributed by atoms with Crippen molar-refractivity contribution in [1.82, 2.24) is 9.97 Å². The number of anilines is 1. The summed E-state index contributed by atoms with van der Waals surface area (Å²) >= 11 is 7.30. The molecule has 0 aliphatic carbocycles. The molecule has 0 saturated heterocycles. The molecule has 0 bridgehead atoms. The number of hydrogen-bond donors (Lipinski definition) is 2. The summed E-state index contributed by atoms with van der Waals surface area (Å²) in [6.45, 7) is 0.657. The van der Waals surface area contributed by atoms with Crippen LogP contribution in [0.2, 0.25) is 4.47 Å². The van der Waals surface area contributed by atoms with Crippen molar-refractivity contribution in [2.75, 3.05) is 5.32 Å². The number of nitrogens with zero attached hydrogens (tertiary/aromatic N) is 2. The summed E-state index contributed by atoms with van der Waals surface area (Å²) in [7, 11) is 0. The van der Waals surface area contributed by atoms with Gasteiger partial charge in [0.1, 0.15) is 0 Å². The second-order valence-electron chi connectivity index (χ2n) is 5.95. The Bertz CT molecular complexity index is 1120. The molecule has 0 atom stereocenters. The lowest BCUT2D eigenvalue weighted by Crippen LogP contribution is -2.12. The minimum atomic E-state index is -0.462. The van der Waals surface area contributed by atoms with Crippen molar-refractivity contribution < 1.29 is 4.79 Å². The van der Waals surface area contributed by atoms with Crippen molar-refractivity contribution in [2.24, 2.45) is 5.73 Å². The molecule has 0 spiro atoms. The van der Waals surface area contributed by atoms with Gasteiger partial charge in [0.2, 0.25) is 5.91 Å². The Morgan fingerprint density at radius 3 is 2.63 bits per heavy atom. The molecule has 0 aliphatic heterocycles. The van der Waals surface area contributed by atoms with E-state index < -0.39 is 5.91 Å². The third kappa shape index (κ3) is 3.77. The molecule has 0 radical (unpaired) electrons. The summed E-state index contributed by atoms with van der Waals surface area (Å²) in [5.41, 5.74) is 9.37. The van der Waals surface area contributed by atoms with Crippen molar-refractivity contribution in [2.45, 2.75) is 6.54 Å². The van der Waals surface area contributed by atoms with Crippen molar-refractivity contribution in [3.63, 3.8) is 0 Å². The molecule has 2 aromatic heterocycles. The number of benzene rings is 2. The number of rotatable bonds is 5. The quantitative estimate of drug-likeness (QED) is 0.513. The number of primary amides is 1. The lowest BCUT2D eigenvalue weighted by atomic mass is 10.0. The summed E-state index contributed by atoms with van der Waals surface area (Å²) in [6, 6.07) is 17.1. The Kier molecular flexibility index (Phi) is 4.75. The Labute approximate surface area is 164 Å². The summed E-state index contributed by atoms with van der Waals surface area (Å²) in [6.07, 6.45) is 1.76. The average Bonchev–Trinajstić information content (AvgIpc) is 3.11. The highest BCUT2D eigenvalue weighted by Gasteiger charge is 2.11. The number of amides is 1. The zero-order chi connectivity index (χ0) is 18.8. The van der Waals surface area contributed by atoms with Crippen LogP contribution in [0.5, 0.6) is 0 Å². The fourth-order valence-corrected chi connectivity index (χ4v) is 3.76. The lowest BCUT2D eigenvalue weighted by molar-refractivity contribution is 0.100. The molecule has 7 heteroatoms. The molecule has 2 heterocycles. The van der Waals surface area contributed by atoms with Gasteiger partial charge in [0, 0.05) is 27.7 Å². The Morgan fingerprint density at radius 2 is 1.93 bits per heavy atom. The molecule has 2 aromatic carbocycles. The first-order valence-corrected chi connectivity index (χ1v) is 9.44. The van der Waals surface area contributed by atoms with E-state index in [-0.39, 0.29) is 0 Å². The maximum atomic E-state index is 11.8. The largest absolute Gasteiger partial charge is 0.380 e. The Balaban J connectivity index is 1.61. The predicted molar refractivity (Wildman–Crippen MR) is 110 cm³/mol. The standard InChI is InChI=1S/C20H15ClN4OS/c21-20-24-11-14(27-20)10-23-13-7-5-12(6-8-13)18-9-16(19(22)26)15-3-1-2-4-17(15)25-18/h1-9,11,23H,10H2,(H2,22,26). The monoisotopic (exact) mass is 394 g/mol. The van der Waals surface area contributed by atoms with Gasteiger partial charge in [0.25, 0.3) is 0 Å². The first kappa shape index (κ1) is 17.5. The van der Waals surface area contributed by atoms with Crippen LogP contribution in [0.3, 0.4) is 0 Å². The summed E-state index contributed by atoms with van der Waals surface area (Å²) in [5, 5.41) is 4.09. The van der Waals surface area contributed by atoms with Gasteiger partial charge in [-0.25, -0.2) is 9.97 Å². The van der Waals surface area contributed by atoms with E-state index in [0.717, 1.165) is 27.0 Å². The molecular formula is C20H15ClN4OS. The maximum Gasteiger partial charge on any atom is 0.249 e. The zero-order valence-electron chi connectivity index (χ0n) is 14.1. The third-order valence-electron chi connectivity index (χ3n) is 4.15. The number of carbonyl (C=O) groups excluding carboxylic acids is 1. The average molecular weight is 395 g/mol. The molecule has 1 amide bonds. The minimum absolute atomic E-state index is 0.462. The number of para-hydroxylation sites is 1. The van der Waals surface area contributed by atoms with Gasteiger partial charge >= 0.3 is 0 Å². The number of thiazole rings is 1. The fourth-order valence-electron chi connectivity index (χ4n) is 2.84. The van der Waals surface area contributed by atoms with Gasteiger partial charge in [0.15, 0.2) is 4.47 Å². The van der Waals surface area contributed by atoms with Gasteiger partial charge in [0.05, 0.1) is 23.3 Å². The predicted octanol–water partition coefficient (Wildman–Crippen LogP) is 4.72. The van der Waals surface area contributed by atoms with Crippen LogP contribution in [0.25, 0.3) is 22.2 Å². The highest BCUT2D eigenvalue weighted by Crippen LogP contribution is 2.26. The molecule has 0 fully saturated rings. The van der Waals surface area contributed by atoms with Crippen molar-refractivity contribution >= 4 is 45.4 Å². The summed E-state index contributed by atoms with van der Waals surface area (Å²) in [4.78, 5) is 21.6. The van der Waals surface area contributed by atoms with E-state index in [4.69, 9.17) is 17.3 Å². The van der Waals surface area contributed by atoms with Crippen LogP contribution >= 0.6 is 22.9 Å². The fraction of sp³-hybridized carbons (Fsp3) is 0.0500. The van der Waals surface area contributed by atoms with Gasteiger partial charge in [-0.1, -0.05) is 41.9 Å². The number of nitrogens with two attached hydrogens (primary N) is 1. The molecule has 134 valence electrons. The molecule has 27 heavy (non-hydrogen) atoms. The highest BCUT2D eigenvalue weighted by molar-refractivity contribution is 7.15. The molecule has 0 aliphatic rings. The van der Waals surface area contributed by atoms with Crippen molar-refractivity contribution in [3.05, 3.63) is 75.7 Å². The van der Waals surface area contributed by atoms with Gasteiger partial charge in [-0.3, -0.25) is 4.79 Å². The molecule has 0 saturated carbocycles. The highest BCUT2D eigenvalue weighted by atomic mass is 35.5. The number of halogens is 1. The summed E-state index contributed by atoms with van der Waals surface area (Å²) < 4.78 is 0.537. The third-order valence-corrected chi connectivity index (χ3v) is 5.27. The van der Waals surface area contributed by atoms with Gasteiger partial charge in [-0.15, -0.1) is 11.3 Å².